The standard InChI is InChI=1S/C23H28N3O7PS/c1-16(14-31-2)32-19-11-17(23(27)24-22-9-10-26(25-22)15-34(3)28)12-20(13-19)33-18-5-7-21(8-6-18)35(4,29)30/h5-13,16,34H,14-15H2,1-4H3,(H,24,25,27)/t16-/m0/s1. The van der Waals surface area contributed by atoms with Gasteiger partial charge in [0, 0.05) is 37.3 Å². The van der Waals surface area contributed by atoms with Gasteiger partial charge in [-0.3, -0.25) is 9.48 Å². The highest BCUT2D eigenvalue weighted by molar-refractivity contribution is 7.90. The molecule has 0 radical (unpaired) electrons. The van der Waals surface area contributed by atoms with E-state index in [1.807, 2.05) is 6.92 Å². The number of hydrogen-bond acceptors (Lipinski definition) is 8. The molecule has 1 heterocycles. The molecule has 1 N–H and O–H groups in total. The summed E-state index contributed by atoms with van der Waals surface area (Å²) >= 11 is 0. The van der Waals surface area contributed by atoms with E-state index in [0.717, 1.165) is 6.26 Å². The lowest BCUT2D eigenvalue weighted by molar-refractivity contribution is 0.0915. The molecule has 2 atom stereocenters. The second-order valence-electron chi connectivity index (χ2n) is 7.98. The first kappa shape index (κ1) is 26.5. The summed E-state index contributed by atoms with van der Waals surface area (Å²) in [5, 5.41) is 6.92. The fourth-order valence-electron chi connectivity index (χ4n) is 3.15. The Bertz CT molecular complexity index is 1310. The van der Waals surface area contributed by atoms with Crippen LogP contribution in [0.3, 0.4) is 0 Å². The SMILES string of the molecule is COC[C@H](C)Oc1cc(Oc2ccc(S(C)(=O)=O)cc2)cc(C(=O)Nc2ccn(C[PH](C)=O)n2)c1. The monoisotopic (exact) mass is 521 g/mol. The van der Waals surface area contributed by atoms with Gasteiger partial charge in [-0.2, -0.15) is 5.10 Å². The number of hydrogen-bond donors (Lipinski definition) is 1. The molecule has 1 amide bonds. The van der Waals surface area contributed by atoms with Crippen LogP contribution in [0.4, 0.5) is 5.82 Å². The van der Waals surface area contributed by atoms with E-state index in [9.17, 15) is 17.8 Å². The van der Waals surface area contributed by atoms with Crippen molar-refractivity contribution in [2.45, 2.75) is 24.2 Å². The number of rotatable bonds is 11. The summed E-state index contributed by atoms with van der Waals surface area (Å²) < 4.78 is 53.2. The van der Waals surface area contributed by atoms with Crippen LogP contribution >= 0.6 is 7.80 Å². The van der Waals surface area contributed by atoms with Gasteiger partial charge in [-0.25, -0.2) is 8.42 Å². The topological polar surface area (TPSA) is 126 Å². The van der Waals surface area contributed by atoms with Crippen molar-refractivity contribution in [2.24, 2.45) is 0 Å². The quantitative estimate of drug-likeness (QED) is 0.377. The largest absolute Gasteiger partial charge is 0.488 e. The minimum atomic E-state index is -3.33. The van der Waals surface area contributed by atoms with Crippen molar-refractivity contribution >= 4 is 29.4 Å². The Hall–Kier alpha value is -3.14. The molecular formula is C23H28N3O7PS. The lowest BCUT2D eigenvalue weighted by atomic mass is 10.2. The third kappa shape index (κ3) is 7.95. The molecule has 0 bridgehead atoms. The first-order valence-corrected chi connectivity index (χ1v) is 14.7. The van der Waals surface area contributed by atoms with Gasteiger partial charge in [0.2, 0.25) is 0 Å². The zero-order valence-corrected chi connectivity index (χ0v) is 21.7. The van der Waals surface area contributed by atoms with Crippen molar-refractivity contribution < 1.29 is 32.0 Å². The molecule has 0 spiro atoms. The Morgan fingerprint density at radius 3 is 2.43 bits per heavy atom. The average molecular weight is 522 g/mol. The van der Waals surface area contributed by atoms with Crippen LogP contribution in [0.25, 0.3) is 0 Å². The van der Waals surface area contributed by atoms with Gasteiger partial charge in [0.15, 0.2) is 15.7 Å². The van der Waals surface area contributed by atoms with Crippen LogP contribution < -0.4 is 14.8 Å². The van der Waals surface area contributed by atoms with Gasteiger partial charge in [-0.1, -0.05) is 0 Å². The zero-order valence-electron chi connectivity index (χ0n) is 19.8. The van der Waals surface area contributed by atoms with E-state index in [1.165, 1.54) is 35.0 Å². The number of aromatic nitrogens is 2. The number of methoxy groups -OCH3 is 1. The van der Waals surface area contributed by atoms with E-state index < -0.39 is 23.5 Å². The normalized spacial score (nSPS) is 13.1. The Kier molecular flexibility index (Phi) is 8.71. The molecule has 0 aliphatic heterocycles. The van der Waals surface area contributed by atoms with Crippen molar-refractivity contribution in [3.05, 3.63) is 60.3 Å². The maximum Gasteiger partial charge on any atom is 0.257 e. The molecule has 10 nitrogen and oxygen atoms in total. The van der Waals surface area contributed by atoms with Crippen LogP contribution in [0.5, 0.6) is 17.2 Å². The number of nitrogens with one attached hydrogen (secondary N) is 1. The number of nitrogens with zero attached hydrogens (tertiary/aromatic N) is 2. The average Bonchev–Trinajstić information content (AvgIpc) is 3.19. The Labute approximate surface area is 204 Å². The van der Waals surface area contributed by atoms with E-state index in [2.05, 4.69) is 10.4 Å². The maximum atomic E-state index is 13.0. The molecule has 0 aliphatic rings. The maximum absolute atomic E-state index is 13.0. The summed E-state index contributed by atoms with van der Waals surface area (Å²) in [6.07, 6.45) is 2.77. The third-order valence-electron chi connectivity index (χ3n) is 4.64. The summed E-state index contributed by atoms with van der Waals surface area (Å²) in [6, 6.07) is 12.3. The Morgan fingerprint density at radius 1 is 1.11 bits per heavy atom. The summed E-state index contributed by atoms with van der Waals surface area (Å²) in [5.74, 6) is 0.969. The van der Waals surface area contributed by atoms with Crippen molar-refractivity contribution in [1.82, 2.24) is 9.78 Å². The molecule has 3 rings (SSSR count). The molecule has 188 valence electrons. The minimum absolute atomic E-state index is 0.170. The fourth-order valence-corrected chi connectivity index (χ4v) is 4.42. The number of carbonyl (C=O) groups excluding carboxylic acids is 1. The molecule has 35 heavy (non-hydrogen) atoms. The number of sulfone groups is 1. The first-order valence-electron chi connectivity index (χ1n) is 10.7. The van der Waals surface area contributed by atoms with Crippen LogP contribution in [0.1, 0.15) is 17.3 Å². The molecular weight excluding hydrogens is 493 g/mol. The number of ether oxygens (including phenoxy) is 3. The molecule has 1 aromatic heterocycles. The van der Waals surface area contributed by atoms with E-state index in [4.69, 9.17) is 14.2 Å². The van der Waals surface area contributed by atoms with Crippen molar-refractivity contribution in [3.8, 4) is 17.2 Å². The minimum Gasteiger partial charge on any atom is -0.488 e. The van der Waals surface area contributed by atoms with E-state index in [0.29, 0.717) is 29.7 Å². The van der Waals surface area contributed by atoms with E-state index >= 15 is 0 Å². The first-order chi connectivity index (χ1) is 16.5. The van der Waals surface area contributed by atoms with Crippen molar-refractivity contribution in [1.29, 1.82) is 0 Å². The molecule has 0 saturated heterocycles. The number of anilines is 1. The predicted molar refractivity (Wildman–Crippen MR) is 133 cm³/mol. The van der Waals surface area contributed by atoms with Crippen LogP contribution in [0.2, 0.25) is 0 Å². The smallest absolute Gasteiger partial charge is 0.257 e. The molecule has 2 aromatic carbocycles. The molecule has 0 aliphatic carbocycles. The Balaban J connectivity index is 1.85. The second kappa shape index (κ2) is 11.5. The van der Waals surface area contributed by atoms with Crippen LogP contribution in [0.15, 0.2) is 59.6 Å². The lowest BCUT2D eigenvalue weighted by Crippen LogP contribution is -2.18. The van der Waals surface area contributed by atoms with Gasteiger partial charge < -0.3 is 24.1 Å². The highest BCUT2D eigenvalue weighted by Gasteiger charge is 2.15. The van der Waals surface area contributed by atoms with Gasteiger partial charge in [0.05, 0.1) is 25.6 Å². The summed E-state index contributed by atoms with van der Waals surface area (Å²) in [5.41, 5.74) is 0.258. The van der Waals surface area contributed by atoms with Gasteiger partial charge in [0.1, 0.15) is 23.4 Å². The highest BCUT2D eigenvalue weighted by atomic mass is 32.2. The summed E-state index contributed by atoms with van der Waals surface area (Å²) in [6.45, 7) is 3.81. The molecule has 1 unspecified atom stereocenters. The van der Waals surface area contributed by atoms with Crippen molar-refractivity contribution in [2.75, 3.05) is 32.0 Å². The van der Waals surface area contributed by atoms with Gasteiger partial charge >= 0.3 is 0 Å². The summed E-state index contributed by atoms with van der Waals surface area (Å²) in [4.78, 5) is 13.1. The summed E-state index contributed by atoms with van der Waals surface area (Å²) in [7, 11) is -3.53. The van der Waals surface area contributed by atoms with Crippen LogP contribution in [-0.4, -0.2) is 56.8 Å². The Morgan fingerprint density at radius 2 is 1.80 bits per heavy atom. The molecule has 0 saturated carbocycles. The molecule has 3 aromatic rings. The van der Waals surface area contributed by atoms with E-state index in [1.54, 1.807) is 38.2 Å². The van der Waals surface area contributed by atoms with Crippen LogP contribution in [-0.2, 0) is 25.4 Å². The number of amides is 1. The molecule has 0 fully saturated rings. The number of benzene rings is 2. The predicted octanol–water partition coefficient (Wildman–Crippen LogP) is 3.89. The lowest BCUT2D eigenvalue weighted by Gasteiger charge is -2.16. The zero-order chi connectivity index (χ0) is 25.6. The number of carbonyl (C=O) groups is 1. The highest BCUT2D eigenvalue weighted by Crippen LogP contribution is 2.29. The third-order valence-corrected chi connectivity index (χ3v) is 6.53. The molecule has 12 heteroatoms. The van der Waals surface area contributed by atoms with Gasteiger partial charge in [0.25, 0.3) is 5.91 Å². The van der Waals surface area contributed by atoms with Gasteiger partial charge in [-0.15, -0.1) is 0 Å². The van der Waals surface area contributed by atoms with Crippen molar-refractivity contribution in [3.63, 3.8) is 0 Å². The second-order valence-corrected chi connectivity index (χ2v) is 11.7. The van der Waals surface area contributed by atoms with Gasteiger partial charge in [-0.05, 0) is 50.0 Å². The van der Waals surface area contributed by atoms with E-state index in [-0.39, 0.29) is 22.8 Å². The van der Waals surface area contributed by atoms with Crippen LogP contribution in [0, 0.1) is 0 Å². The fraction of sp³-hybridized carbons (Fsp3) is 0.304.